The minimum atomic E-state index is -3.29. The van der Waals surface area contributed by atoms with E-state index in [1.165, 1.54) is 42.2 Å². The van der Waals surface area contributed by atoms with Crippen molar-refractivity contribution in [2.45, 2.75) is 24.7 Å². The molecule has 0 aliphatic carbocycles. The largest absolute Gasteiger partial charge is 0.481 e. The van der Waals surface area contributed by atoms with Crippen LogP contribution in [0.4, 0.5) is 5.69 Å². The summed E-state index contributed by atoms with van der Waals surface area (Å²) >= 11 is 0. The van der Waals surface area contributed by atoms with Crippen molar-refractivity contribution in [1.82, 2.24) is 19.5 Å². The Balaban J connectivity index is 1.48. The van der Waals surface area contributed by atoms with Gasteiger partial charge in [-0.1, -0.05) is 30.0 Å². The summed E-state index contributed by atoms with van der Waals surface area (Å²) in [4.78, 5) is 41.1. The summed E-state index contributed by atoms with van der Waals surface area (Å²) in [6.45, 7) is 3.32. The molecule has 0 bridgehead atoms. The Labute approximate surface area is 237 Å². The Hall–Kier alpha value is -5.21. The summed E-state index contributed by atoms with van der Waals surface area (Å²) < 4.78 is 17.2. The van der Waals surface area contributed by atoms with Crippen LogP contribution in [-0.4, -0.2) is 47.7 Å². The smallest absolute Gasteiger partial charge is 0.310 e. The average Bonchev–Trinajstić information content (AvgIpc) is 3.29. The van der Waals surface area contributed by atoms with E-state index in [-0.39, 0.29) is 16.4 Å². The third-order valence-corrected chi connectivity index (χ3v) is 7.60. The van der Waals surface area contributed by atoms with Gasteiger partial charge in [0.2, 0.25) is 0 Å². The number of hydrogen-bond donors (Lipinski definition) is 3. The van der Waals surface area contributed by atoms with Gasteiger partial charge in [-0.3, -0.25) is 28.8 Å². The number of rotatable bonds is 7. The van der Waals surface area contributed by atoms with Gasteiger partial charge in [-0.15, -0.1) is 0 Å². The Bertz CT molecular complexity index is 1830. The summed E-state index contributed by atoms with van der Waals surface area (Å²) in [5, 5.41) is 16.3. The van der Waals surface area contributed by atoms with E-state index in [9.17, 15) is 23.7 Å². The molecule has 0 aliphatic rings. The van der Waals surface area contributed by atoms with Gasteiger partial charge < -0.3 is 10.4 Å². The number of hydrogen-bond acceptors (Lipinski definition) is 6. The van der Waals surface area contributed by atoms with Gasteiger partial charge in [0.1, 0.15) is 5.69 Å². The highest BCUT2D eigenvalue weighted by molar-refractivity contribution is 7.99. The fourth-order valence-corrected chi connectivity index (χ4v) is 5.03. The van der Waals surface area contributed by atoms with Crippen molar-refractivity contribution in [2.24, 2.45) is 7.05 Å². The van der Waals surface area contributed by atoms with Gasteiger partial charge >= 0.3 is 5.97 Å². The van der Waals surface area contributed by atoms with Crippen molar-refractivity contribution in [3.8, 4) is 11.8 Å². The monoisotopic (exact) mass is 569 g/mol. The van der Waals surface area contributed by atoms with E-state index < -0.39 is 27.5 Å². The van der Waals surface area contributed by atoms with E-state index in [0.29, 0.717) is 28.1 Å². The zero-order valence-corrected chi connectivity index (χ0v) is 23.4. The predicted octanol–water partition coefficient (Wildman–Crippen LogP) is 3.38. The lowest BCUT2D eigenvalue weighted by Gasteiger charge is -2.14. The maximum atomic E-state index is 13.3. The number of aryl methyl sites for hydroxylation is 2. The Kier molecular flexibility index (Phi) is 8.35. The number of pyridine rings is 1. The first-order chi connectivity index (χ1) is 19.4. The molecule has 10 nitrogen and oxygen atoms in total. The van der Waals surface area contributed by atoms with Gasteiger partial charge in [0, 0.05) is 41.2 Å². The van der Waals surface area contributed by atoms with Gasteiger partial charge in [-0.2, -0.15) is 5.10 Å². The lowest BCUT2D eigenvalue weighted by Crippen LogP contribution is -2.30. The second-order valence-corrected chi connectivity index (χ2v) is 11.3. The summed E-state index contributed by atoms with van der Waals surface area (Å²) in [5.74, 6) is 6.79. The van der Waals surface area contributed by atoms with Crippen LogP contribution < -0.4 is 10.0 Å². The number of carbonyl (C=O) groups is 3. The highest BCUT2D eigenvalue weighted by Gasteiger charge is 2.18. The number of anilines is 1. The number of carboxylic acids is 1. The average molecular weight is 570 g/mol. The van der Waals surface area contributed by atoms with E-state index in [4.69, 9.17) is 0 Å². The molecule has 0 spiro atoms. The fraction of sp³-hybridized carbons (Fsp3) is 0.133. The number of aliphatic carboxylic acids is 1. The molecule has 41 heavy (non-hydrogen) atoms. The Morgan fingerprint density at radius 2 is 1.73 bits per heavy atom. The first kappa shape index (κ1) is 28.8. The highest BCUT2D eigenvalue weighted by Crippen LogP contribution is 2.20. The number of carbonyl (C=O) groups excluding carboxylic acids is 2. The van der Waals surface area contributed by atoms with Gasteiger partial charge in [0.25, 0.3) is 11.8 Å². The maximum Gasteiger partial charge on any atom is 0.310 e. The topological polar surface area (TPSA) is 143 Å². The second-order valence-electron chi connectivity index (χ2n) is 9.28. The molecule has 208 valence electrons. The molecular formula is C30H27N5O5S. The molecule has 0 saturated carbocycles. The maximum absolute atomic E-state index is 13.3. The summed E-state index contributed by atoms with van der Waals surface area (Å²) in [6, 6.07) is 16.3. The van der Waals surface area contributed by atoms with Crippen LogP contribution in [0, 0.1) is 18.8 Å². The SMILES string of the molecule is C=S(=O)(NC(=O)c1cncc(C#Cc2cccc(NC(=O)c3cc(C)nn3C)c2)c1)c1cccc(C(C)C(=O)O)c1. The van der Waals surface area contributed by atoms with Crippen molar-refractivity contribution in [3.63, 3.8) is 0 Å². The quantitative estimate of drug-likeness (QED) is 0.229. The van der Waals surface area contributed by atoms with Crippen LogP contribution in [0.15, 0.2) is 78.0 Å². The third kappa shape index (κ3) is 7.06. The lowest BCUT2D eigenvalue weighted by molar-refractivity contribution is -0.138. The number of carboxylic acid groups (broad SMARTS) is 1. The van der Waals surface area contributed by atoms with Crippen molar-refractivity contribution >= 4 is 39.0 Å². The molecule has 2 heterocycles. The van der Waals surface area contributed by atoms with Crippen LogP contribution in [0.2, 0.25) is 0 Å². The minimum absolute atomic E-state index is 0.121. The molecule has 2 atom stereocenters. The van der Waals surface area contributed by atoms with E-state index >= 15 is 0 Å². The van der Waals surface area contributed by atoms with Crippen molar-refractivity contribution in [3.05, 3.63) is 107 Å². The molecule has 4 rings (SSSR count). The normalized spacial score (nSPS) is 12.8. The predicted molar refractivity (Wildman–Crippen MR) is 156 cm³/mol. The molecule has 11 heteroatoms. The van der Waals surface area contributed by atoms with E-state index in [2.05, 4.69) is 37.8 Å². The molecule has 2 unspecified atom stereocenters. The third-order valence-electron chi connectivity index (χ3n) is 6.07. The molecular weight excluding hydrogens is 542 g/mol. The number of nitrogens with one attached hydrogen (secondary N) is 2. The second kappa shape index (κ2) is 11.9. The van der Waals surface area contributed by atoms with E-state index in [0.717, 1.165) is 5.69 Å². The Morgan fingerprint density at radius 3 is 2.44 bits per heavy atom. The van der Waals surface area contributed by atoms with Crippen LogP contribution in [0.3, 0.4) is 0 Å². The molecule has 2 amide bonds. The van der Waals surface area contributed by atoms with Gasteiger partial charge in [0.05, 0.1) is 26.9 Å². The van der Waals surface area contributed by atoms with Crippen LogP contribution >= 0.6 is 0 Å². The van der Waals surface area contributed by atoms with Crippen LogP contribution in [-0.2, 0) is 21.5 Å². The molecule has 2 aromatic carbocycles. The van der Waals surface area contributed by atoms with Crippen molar-refractivity contribution in [2.75, 3.05) is 5.32 Å². The van der Waals surface area contributed by atoms with E-state index in [1.807, 2.05) is 0 Å². The van der Waals surface area contributed by atoms with Crippen LogP contribution in [0.25, 0.3) is 0 Å². The molecule has 0 radical (unpaired) electrons. The zero-order valence-electron chi connectivity index (χ0n) is 22.5. The van der Waals surface area contributed by atoms with Crippen LogP contribution in [0.5, 0.6) is 0 Å². The number of aromatic nitrogens is 3. The summed E-state index contributed by atoms with van der Waals surface area (Å²) in [6.07, 6.45) is 2.80. The summed E-state index contributed by atoms with van der Waals surface area (Å²) in [7, 11) is -1.59. The van der Waals surface area contributed by atoms with Crippen molar-refractivity contribution < 1.29 is 23.7 Å². The first-order valence-corrected chi connectivity index (χ1v) is 14.1. The molecule has 3 N–H and O–H groups in total. The van der Waals surface area contributed by atoms with Gasteiger partial charge in [-0.25, -0.2) is 4.21 Å². The van der Waals surface area contributed by atoms with Gasteiger partial charge in [-0.05, 0) is 67.7 Å². The number of benzene rings is 2. The molecule has 2 aromatic heterocycles. The molecule has 0 saturated heterocycles. The van der Waals surface area contributed by atoms with Crippen molar-refractivity contribution in [1.29, 1.82) is 0 Å². The van der Waals surface area contributed by atoms with E-state index in [1.54, 1.807) is 56.4 Å². The summed E-state index contributed by atoms with van der Waals surface area (Å²) in [5.41, 5.74) is 3.33. The standard InChI is InChI=1S/C30H27N5O5S/c1-19-13-27(35(3)33-19)29(37)32-25-9-5-7-21(15-25)11-12-22-14-24(18-31-17-22)28(36)34-41(4,40)26-10-6-8-23(16-26)20(2)30(38)39/h5-10,13-18,20H,4H2,1-3H3,(H,32,37)(H,38,39)(H,34,36,40). The Morgan fingerprint density at radius 1 is 1.00 bits per heavy atom. The number of amides is 2. The first-order valence-electron chi connectivity index (χ1n) is 12.3. The minimum Gasteiger partial charge on any atom is -0.481 e. The molecule has 0 fully saturated rings. The number of nitrogens with zero attached hydrogens (tertiary/aromatic N) is 3. The fourth-order valence-electron chi connectivity index (χ4n) is 3.87. The van der Waals surface area contributed by atoms with Gasteiger partial charge in [0.15, 0.2) is 0 Å². The lowest BCUT2D eigenvalue weighted by atomic mass is 10.0. The van der Waals surface area contributed by atoms with Crippen LogP contribution in [0.1, 0.15) is 56.1 Å². The molecule has 0 aliphatic heterocycles. The highest BCUT2D eigenvalue weighted by atomic mass is 32.2. The molecule has 4 aromatic rings. The zero-order chi connectivity index (χ0) is 29.7.